The Labute approximate surface area is 236 Å². The molecule has 0 unspecified atom stereocenters. The van der Waals surface area contributed by atoms with Gasteiger partial charge in [-0.15, -0.1) is 11.3 Å². The number of nitrogens with zero attached hydrogens (tertiary/aromatic N) is 4. The Balaban J connectivity index is 1.48. The lowest BCUT2D eigenvalue weighted by Gasteiger charge is -2.27. The van der Waals surface area contributed by atoms with Gasteiger partial charge in [0.2, 0.25) is 0 Å². The fourth-order valence-electron chi connectivity index (χ4n) is 4.74. The molecule has 5 heteroatoms. The van der Waals surface area contributed by atoms with Crippen LogP contribution in [0.1, 0.15) is 5.56 Å². The van der Waals surface area contributed by atoms with E-state index in [0.29, 0.717) is 4.66 Å². The molecule has 1 aromatic heterocycles. The minimum atomic E-state index is 0.0192. The highest BCUT2D eigenvalue weighted by atomic mass is 32.1. The quantitative estimate of drug-likeness (QED) is 0.232. The van der Waals surface area contributed by atoms with E-state index >= 15 is 0 Å². The van der Waals surface area contributed by atoms with Crippen LogP contribution in [0.5, 0.6) is 0 Å². The van der Waals surface area contributed by atoms with E-state index < -0.39 is 0 Å². The monoisotopic (exact) mass is 530 g/mol. The summed E-state index contributed by atoms with van der Waals surface area (Å²) >= 11 is 1.35. The van der Waals surface area contributed by atoms with Gasteiger partial charge in [-0.2, -0.15) is 10.5 Å². The minimum Gasteiger partial charge on any atom is -0.310 e. The summed E-state index contributed by atoms with van der Waals surface area (Å²) < 4.78 is 1.32. The van der Waals surface area contributed by atoms with Crippen LogP contribution in [0.25, 0.3) is 33.7 Å². The van der Waals surface area contributed by atoms with E-state index in [1.54, 1.807) is 0 Å². The summed E-state index contributed by atoms with van der Waals surface area (Å²) in [5, 5.41) is 21.2. The Morgan fingerprint density at radius 2 is 1.30 bits per heavy atom. The van der Waals surface area contributed by atoms with Crippen LogP contribution in [0.2, 0.25) is 0 Å². The van der Waals surface area contributed by atoms with Crippen LogP contribution in [0.15, 0.2) is 127 Å². The van der Waals surface area contributed by atoms with Crippen molar-refractivity contribution in [2.24, 2.45) is 0 Å². The second kappa shape index (κ2) is 11.1. The van der Waals surface area contributed by atoms with Gasteiger partial charge in [0.25, 0.3) is 0 Å². The maximum absolute atomic E-state index is 9.42. The van der Waals surface area contributed by atoms with E-state index in [9.17, 15) is 10.5 Å². The molecule has 0 radical (unpaired) electrons. The van der Waals surface area contributed by atoms with E-state index in [4.69, 9.17) is 0 Å². The van der Waals surface area contributed by atoms with Crippen molar-refractivity contribution < 1.29 is 0 Å². The lowest BCUT2D eigenvalue weighted by Crippen LogP contribution is -2.10. The van der Waals surface area contributed by atoms with E-state index in [1.807, 2.05) is 48.5 Å². The van der Waals surface area contributed by atoms with Crippen molar-refractivity contribution in [2.75, 3.05) is 4.90 Å². The molecule has 0 amide bonds. The third kappa shape index (κ3) is 4.86. The van der Waals surface area contributed by atoms with Crippen molar-refractivity contribution in [3.8, 4) is 23.4 Å². The fraction of sp³-hybridized carbons (Fsp3) is 0. The molecule has 40 heavy (non-hydrogen) atoms. The maximum atomic E-state index is 9.42. The number of fused-ring (bicyclic) bond motifs is 1. The number of aromatic nitrogens is 1. The number of nitriles is 2. The normalized spacial score (nSPS) is 11.1. The Kier molecular flexibility index (Phi) is 6.88. The predicted octanol–water partition coefficient (Wildman–Crippen LogP) is 7.46. The van der Waals surface area contributed by atoms with Crippen molar-refractivity contribution in [3.05, 3.63) is 142 Å². The first kappa shape index (κ1) is 24.8. The second-order valence-corrected chi connectivity index (χ2v) is 10.1. The first-order chi connectivity index (χ1) is 19.7. The summed E-state index contributed by atoms with van der Waals surface area (Å²) in [4.78, 5) is 6.94. The molecule has 6 aromatic rings. The highest BCUT2D eigenvalue weighted by Crippen LogP contribution is 2.38. The van der Waals surface area contributed by atoms with Gasteiger partial charge in [-0.3, -0.25) is 0 Å². The van der Waals surface area contributed by atoms with E-state index in [-0.39, 0.29) is 5.57 Å². The predicted molar refractivity (Wildman–Crippen MR) is 164 cm³/mol. The number of hydrogen-bond donors (Lipinski definition) is 0. The molecule has 0 spiro atoms. The van der Waals surface area contributed by atoms with Gasteiger partial charge < -0.3 is 4.90 Å². The van der Waals surface area contributed by atoms with Gasteiger partial charge in [-0.25, -0.2) is 4.98 Å². The van der Waals surface area contributed by atoms with Gasteiger partial charge in [-0.05, 0) is 47.4 Å². The van der Waals surface area contributed by atoms with Crippen molar-refractivity contribution in [2.45, 2.75) is 0 Å². The lowest BCUT2D eigenvalue weighted by atomic mass is 10.1. The third-order valence-corrected chi connectivity index (χ3v) is 7.63. The number of para-hydroxylation sites is 1. The first-order valence-corrected chi connectivity index (χ1v) is 13.6. The van der Waals surface area contributed by atoms with E-state index in [0.717, 1.165) is 38.4 Å². The summed E-state index contributed by atoms with van der Waals surface area (Å²) in [6, 6.07) is 47.4. The Morgan fingerprint density at radius 3 is 2.02 bits per heavy atom. The molecule has 1 heterocycles. The molecule has 0 fully saturated rings. The zero-order valence-electron chi connectivity index (χ0n) is 21.4. The van der Waals surface area contributed by atoms with Crippen molar-refractivity contribution >= 4 is 50.8 Å². The zero-order valence-corrected chi connectivity index (χ0v) is 22.2. The fourth-order valence-corrected chi connectivity index (χ4v) is 5.73. The number of hydrogen-bond acceptors (Lipinski definition) is 5. The summed E-state index contributed by atoms with van der Waals surface area (Å²) in [7, 11) is 0. The Hall–Kier alpha value is -5.49. The molecule has 5 aromatic carbocycles. The standard InChI is InChI=1S/C35H22N4S/c36-23-28(24-37)35-38-34(27-11-3-1-4-12-27)33(40-35)22-25-18-20-30(21-19-25)39(29-14-5-2-6-15-29)32-17-9-13-26-10-7-8-16-31(26)32/h1-22H/b33-22-. The smallest absolute Gasteiger partial charge is 0.165 e. The highest BCUT2D eigenvalue weighted by Gasteiger charge is 2.15. The average molecular weight is 531 g/mol. The van der Waals surface area contributed by atoms with Crippen LogP contribution >= 0.6 is 11.3 Å². The van der Waals surface area contributed by atoms with Gasteiger partial charge in [0.05, 0.1) is 15.9 Å². The van der Waals surface area contributed by atoms with Crippen LogP contribution in [0.3, 0.4) is 0 Å². The van der Waals surface area contributed by atoms with E-state index in [2.05, 4.69) is 107 Å². The average Bonchev–Trinajstić information content (AvgIpc) is 3.43. The summed E-state index contributed by atoms with van der Waals surface area (Å²) in [6.45, 7) is 0. The van der Waals surface area contributed by atoms with Crippen LogP contribution in [-0.2, 0) is 0 Å². The van der Waals surface area contributed by atoms with Crippen LogP contribution in [0.4, 0.5) is 17.1 Å². The second-order valence-electron chi connectivity index (χ2n) is 9.10. The lowest BCUT2D eigenvalue weighted by molar-refractivity contribution is 1.30. The molecule has 6 rings (SSSR count). The van der Waals surface area contributed by atoms with E-state index in [1.165, 1.54) is 22.1 Å². The van der Waals surface area contributed by atoms with Gasteiger partial charge in [0.15, 0.2) is 5.57 Å². The van der Waals surface area contributed by atoms with Crippen molar-refractivity contribution in [3.63, 3.8) is 0 Å². The molecule has 0 atom stereocenters. The summed E-state index contributed by atoms with van der Waals surface area (Å²) in [5.41, 5.74) is 5.94. The van der Waals surface area contributed by atoms with Gasteiger partial charge in [-0.1, -0.05) is 97.1 Å². The first-order valence-electron chi connectivity index (χ1n) is 12.8. The van der Waals surface area contributed by atoms with Crippen LogP contribution in [-0.4, -0.2) is 4.98 Å². The Morgan fingerprint density at radius 1 is 0.675 bits per heavy atom. The number of anilines is 3. The molecule has 0 aliphatic heterocycles. The number of rotatable bonds is 5. The highest BCUT2D eigenvalue weighted by molar-refractivity contribution is 7.08. The third-order valence-electron chi connectivity index (χ3n) is 6.61. The molecule has 188 valence electrons. The molecule has 0 saturated heterocycles. The minimum absolute atomic E-state index is 0.0192. The molecule has 0 aliphatic carbocycles. The van der Waals surface area contributed by atoms with Gasteiger partial charge in [0.1, 0.15) is 16.8 Å². The summed E-state index contributed by atoms with van der Waals surface area (Å²) in [5.74, 6) is 0. The maximum Gasteiger partial charge on any atom is 0.165 e. The molecule has 0 bridgehead atoms. The number of thiazole rings is 1. The molecular formula is C35H22N4S. The number of benzene rings is 5. The van der Waals surface area contributed by atoms with Gasteiger partial charge in [0, 0.05) is 22.3 Å². The molecular weight excluding hydrogens is 508 g/mol. The van der Waals surface area contributed by atoms with Crippen molar-refractivity contribution in [1.29, 1.82) is 10.5 Å². The molecule has 0 N–H and O–H groups in total. The molecule has 0 saturated carbocycles. The largest absolute Gasteiger partial charge is 0.310 e. The van der Waals surface area contributed by atoms with Crippen LogP contribution < -0.4 is 14.1 Å². The van der Waals surface area contributed by atoms with Gasteiger partial charge >= 0.3 is 0 Å². The van der Waals surface area contributed by atoms with Crippen molar-refractivity contribution in [1.82, 2.24) is 4.98 Å². The molecule has 4 nitrogen and oxygen atoms in total. The van der Waals surface area contributed by atoms with Crippen LogP contribution in [0, 0.1) is 22.7 Å². The topological polar surface area (TPSA) is 63.7 Å². The SMILES string of the molecule is N#CC(C#N)=c1nc(-c2ccccc2)/c(=C/c2ccc(N(c3ccccc3)c3cccc4ccccc34)cc2)s1. The molecule has 0 aliphatic rings. The summed E-state index contributed by atoms with van der Waals surface area (Å²) in [6.07, 6.45) is 2.06. The zero-order chi connectivity index (χ0) is 27.3. The Bertz CT molecular complexity index is 1990.